The molecule has 0 bridgehead atoms. The molecular formula is C15H23NO2. The zero-order valence-electron chi connectivity index (χ0n) is 11.4. The van der Waals surface area contributed by atoms with Gasteiger partial charge < -0.3 is 9.84 Å². The Labute approximate surface area is 110 Å². The number of rotatable bonds is 8. The van der Waals surface area contributed by atoms with Gasteiger partial charge in [-0.05, 0) is 37.1 Å². The molecule has 100 valence electrons. The van der Waals surface area contributed by atoms with Gasteiger partial charge in [0.2, 0.25) is 0 Å². The Morgan fingerprint density at radius 3 is 2.44 bits per heavy atom. The van der Waals surface area contributed by atoms with Gasteiger partial charge in [0.25, 0.3) is 0 Å². The average Bonchev–Trinajstić information content (AvgIpc) is 2.28. The molecule has 0 aliphatic heterocycles. The molecule has 0 aromatic heterocycles. The molecule has 1 rings (SSSR count). The van der Waals surface area contributed by atoms with E-state index in [4.69, 9.17) is 9.84 Å². The minimum absolute atomic E-state index is 0.164. The van der Waals surface area contributed by atoms with Crippen LogP contribution >= 0.6 is 0 Å². The standard InChI is InChI=1S/C15H23NO2/c1-4-5-16(6-8-17)7-9-18-15-11-13(2)10-14(3)12-15/h4,10-12,17H,1,5-9H2,2-3H3. The van der Waals surface area contributed by atoms with E-state index < -0.39 is 0 Å². The van der Waals surface area contributed by atoms with Crippen molar-refractivity contribution in [1.82, 2.24) is 4.90 Å². The highest BCUT2D eigenvalue weighted by molar-refractivity contribution is 5.32. The number of nitrogens with zero attached hydrogens (tertiary/aromatic N) is 1. The van der Waals surface area contributed by atoms with Crippen LogP contribution in [0.2, 0.25) is 0 Å². The Kier molecular flexibility index (Phi) is 6.47. The van der Waals surface area contributed by atoms with Gasteiger partial charge >= 0.3 is 0 Å². The third-order valence-electron chi connectivity index (χ3n) is 2.67. The van der Waals surface area contributed by atoms with Crippen molar-refractivity contribution in [1.29, 1.82) is 0 Å². The van der Waals surface area contributed by atoms with Gasteiger partial charge in [0.1, 0.15) is 12.4 Å². The summed E-state index contributed by atoms with van der Waals surface area (Å²) in [6, 6.07) is 6.20. The molecule has 1 aromatic carbocycles. The third-order valence-corrected chi connectivity index (χ3v) is 2.67. The number of aliphatic hydroxyl groups excluding tert-OH is 1. The van der Waals surface area contributed by atoms with Gasteiger partial charge in [0.15, 0.2) is 0 Å². The zero-order chi connectivity index (χ0) is 13.4. The summed E-state index contributed by atoms with van der Waals surface area (Å²) >= 11 is 0. The van der Waals surface area contributed by atoms with E-state index in [1.165, 1.54) is 11.1 Å². The van der Waals surface area contributed by atoms with Crippen LogP contribution in [0.15, 0.2) is 30.9 Å². The molecule has 0 saturated carbocycles. The van der Waals surface area contributed by atoms with Crippen molar-refractivity contribution in [3.8, 4) is 5.75 Å². The number of benzene rings is 1. The first-order chi connectivity index (χ1) is 8.65. The highest BCUT2D eigenvalue weighted by Gasteiger charge is 2.03. The van der Waals surface area contributed by atoms with E-state index in [-0.39, 0.29) is 6.61 Å². The van der Waals surface area contributed by atoms with Crippen molar-refractivity contribution in [2.45, 2.75) is 13.8 Å². The van der Waals surface area contributed by atoms with Gasteiger partial charge in [0, 0.05) is 19.6 Å². The first-order valence-electron chi connectivity index (χ1n) is 6.31. The van der Waals surface area contributed by atoms with Crippen LogP contribution in [-0.2, 0) is 0 Å². The topological polar surface area (TPSA) is 32.7 Å². The number of aliphatic hydroxyl groups is 1. The molecular weight excluding hydrogens is 226 g/mol. The summed E-state index contributed by atoms with van der Waals surface area (Å²) < 4.78 is 5.73. The molecule has 3 heteroatoms. The maximum atomic E-state index is 8.94. The molecule has 0 unspecified atom stereocenters. The van der Waals surface area contributed by atoms with E-state index in [1.54, 1.807) is 0 Å². The van der Waals surface area contributed by atoms with Gasteiger partial charge in [-0.15, -0.1) is 6.58 Å². The Balaban J connectivity index is 2.41. The van der Waals surface area contributed by atoms with Gasteiger partial charge in [-0.1, -0.05) is 12.1 Å². The van der Waals surface area contributed by atoms with Gasteiger partial charge in [-0.3, -0.25) is 4.90 Å². The summed E-state index contributed by atoms with van der Waals surface area (Å²) in [6.07, 6.45) is 1.84. The maximum absolute atomic E-state index is 8.94. The molecule has 0 aliphatic carbocycles. The number of ether oxygens (including phenoxy) is 1. The summed E-state index contributed by atoms with van der Waals surface area (Å²) in [5.41, 5.74) is 2.42. The van der Waals surface area contributed by atoms with E-state index in [1.807, 2.05) is 18.2 Å². The summed E-state index contributed by atoms with van der Waals surface area (Å²) in [6.45, 7) is 10.8. The quantitative estimate of drug-likeness (QED) is 0.717. The molecule has 1 aromatic rings. The first kappa shape index (κ1) is 14.7. The first-order valence-corrected chi connectivity index (χ1v) is 6.31. The van der Waals surface area contributed by atoms with E-state index in [0.717, 1.165) is 18.8 Å². The average molecular weight is 249 g/mol. The Hall–Kier alpha value is -1.32. The third kappa shape index (κ3) is 5.34. The Morgan fingerprint density at radius 2 is 1.89 bits per heavy atom. The molecule has 0 aliphatic rings. The van der Waals surface area contributed by atoms with Crippen molar-refractivity contribution in [2.75, 3.05) is 32.8 Å². The summed E-state index contributed by atoms with van der Waals surface area (Å²) in [5.74, 6) is 0.912. The number of hydrogen-bond donors (Lipinski definition) is 1. The predicted molar refractivity (Wildman–Crippen MR) is 75.1 cm³/mol. The zero-order valence-corrected chi connectivity index (χ0v) is 11.4. The Morgan fingerprint density at radius 1 is 1.22 bits per heavy atom. The van der Waals surface area contributed by atoms with Gasteiger partial charge in [0.05, 0.1) is 6.61 Å². The summed E-state index contributed by atoms with van der Waals surface area (Å²) in [7, 11) is 0. The molecule has 18 heavy (non-hydrogen) atoms. The van der Waals surface area contributed by atoms with Crippen LogP contribution in [0.25, 0.3) is 0 Å². The monoisotopic (exact) mass is 249 g/mol. The molecule has 3 nitrogen and oxygen atoms in total. The van der Waals surface area contributed by atoms with E-state index in [9.17, 15) is 0 Å². The van der Waals surface area contributed by atoms with Crippen molar-refractivity contribution in [3.63, 3.8) is 0 Å². The van der Waals surface area contributed by atoms with Crippen molar-refractivity contribution < 1.29 is 9.84 Å². The second kappa shape index (κ2) is 7.90. The minimum atomic E-state index is 0.164. The molecule has 0 heterocycles. The lowest BCUT2D eigenvalue weighted by molar-refractivity contribution is 0.180. The van der Waals surface area contributed by atoms with Gasteiger partial charge in [-0.25, -0.2) is 0 Å². The normalized spacial score (nSPS) is 10.7. The summed E-state index contributed by atoms with van der Waals surface area (Å²) in [4.78, 5) is 2.11. The number of hydrogen-bond acceptors (Lipinski definition) is 3. The van der Waals surface area contributed by atoms with E-state index >= 15 is 0 Å². The van der Waals surface area contributed by atoms with Crippen LogP contribution < -0.4 is 4.74 Å². The SMILES string of the molecule is C=CCN(CCO)CCOc1cc(C)cc(C)c1. The molecule has 1 N–H and O–H groups in total. The molecule has 0 spiro atoms. The lowest BCUT2D eigenvalue weighted by Gasteiger charge is -2.19. The fourth-order valence-electron chi connectivity index (χ4n) is 1.93. The predicted octanol–water partition coefficient (Wildman–Crippen LogP) is 2.16. The highest BCUT2D eigenvalue weighted by atomic mass is 16.5. The number of aryl methyl sites for hydroxylation is 2. The fourth-order valence-corrected chi connectivity index (χ4v) is 1.93. The van der Waals surface area contributed by atoms with E-state index in [0.29, 0.717) is 13.2 Å². The maximum Gasteiger partial charge on any atom is 0.119 e. The van der Waals surface area contributed by atoms with E-state index in [2.05, 4.69) is 31.4 Å². The van der Waals surface area contributed by atoms with Crippen LogP contribution in [-0.4, -0.2) is 42.9 Å². The molecule has 0 fully saturated rings. The molecule has 0 atom stereocenters. The molecule has 0 saturated heterocycles. The lowest BCUT2D eigenvalue weighted by atomic mass is 10.1. The summed E-state index contributed by atoms with van der Waals surface area (Å²) in [5, 5.41) is 8.94. The van der Waals surface area contributed by atoms with Crippen LogP contribution in [0.1, 0.15) is 11.1 Å². The Bertz CT molecular complexity index is 357. The van der Waals surface area contributed by atoms with Gasteiger partial charge in [-0.2, -0.15) is 0 Å². The second-order valence-corrected chi connectivity index (χ2v) is 4.48. The largest absolute Gasteiger partial charge is 0.492 e. The fraction of sp³-hybridized carbons (Fsp3) is 0.467. The van der Waals surface area contributed by atoms with Crippen LogP contribution in [0.5, 0.6) is 5.75 Å². The highest BCUT2D eigenvalue weighted by Crippen LogP contribution is 2.15. The van der Waals surface area contributed by atoms with Crippen molar-refractivity contribution in [2.24, 2.45) is 0 Å². The molecule has 0 amide bonds. The van der Waals surface area contributed by atoms with Crippen LogP contribution in [0.4, 0.5) is 0 Å². The smallest absolute Gasteiger partial charge is 0.119 e. The van der Waals surface area contributed by atoms with Crippen LogP contribution in [0.3, 0.4) is 0 Å². The minimum Gasteiger partial charge on any atom is -0.492 e. The van der Waals surface area contributed by atoms with Crippen molar-refractivity contribution in [3.05, 3.63) is 42.0 Å². The molecule has 0 radical (unpaired) electrons. The lowest BCUT2D eigenvalue weighted by Crippen LogP contribution is -2.31. The second-order valence-electron chi connectivity index (χ2n) is 4.48. The van der Waals surface area contributed by atoms with Crippen molar-refractivity contribution >= 4 is 0 Å². The van der Waals surface area contributed by atoms with Crippen LogP contribution in [0, 0.1) is 13.8 Å².